The fourth-order valence-corrected chi connectivity index (χ4v) is 5.05. The number of hydrogen-bond donors (Lipinski definition) is 2. The van der Waals surface area contributed by atoms with E-state index in [9.17, 15) is 4.79 Å². The fourth-order valence-electron chi connectivity index (χ4n) is 4.04. The van der Waals surface area contributed by atoms with E-state index in [0.717, 1.165) is 27.6 Å². The molecular formula is C33H29ClN4O3S. The summed E-state index contributed by atoms with van der Waals surface area (Å²) in [5.41, 5.74) is 9.80. The molecule has 9 heteroatoms. The van der Waals surface area contributed by atoms with Crippen molar-refractivity contribution in [2.75, 3.05) is 12.4 Å². The van der Waals surface area contributed by atoms with Crippen molar-refractivity contribution < 1.29 is 14.3 Å². The van der Waals surface area contributed by atoms with Crippen LogP contribution in [0.1, 0.15) is 32.6 Å². The second kappa shape index (κ2) is 13.3. The number of methoxy groups -OCH3 is 1. The molecule has 0 aliphatic rings. The highest BCUT2D eigenvalue weighted by atomic mass is 35.5. The first-order chi connectivity index (χ1) is 20.4. The van der Waals surface area contributed by atoms with Gasteiger partial charge in [-0.1, -0.05) is 71.3 Å². The molecule has 1 aromatic heterocycles. The van der Waals surface area contributed by atoms with Crippen LogP contribution in [-0.4, -0.2) is 24.2 Å². The Balaban J connectivity index is 1.18. The van der Waals surface area contributed by atoms with Crippen LogP contribution < -0.4 is 20.2 Å². The van der Waals surface area contributed by atoms with Gasteiger partial charge >= 0.3 is 0 Å². The Bertz CT molecular complexity index is 1700. The van der Waals surface area contributed by atoms with Gasteiger partial charge in [-0.15, -0.1) is 11.3 Å². The average Bonchev–Trinajstić information content (AvgIpc) is 3.47. The number of aromatic nitrogens is 1. The highest BCUT2D eigenvalue weighted by Gasteiger charge is 2.13. The monoisotopic (exact) mass is 596 g/mol. The summed E-state index contributed by atoms with van der Waals surface area (Å²) in [5.74, 6) is 0.574. The number of nitrogens with one attached hydrogen (secondary N) is 2. The normalized spacial score (nSPS) is 11.0. The van der Waals surface area contributed by atoms with Crippen LogP contribution in [-0.2, 0) is 6.61 Å². The molecule has 5 aromatic rings. The Morgan fingerprint density at radius 1 is 0.976 bits per heavy atom. The highest BCUT2D eigenvalue weighted by Crippen LogP contribution is 2.36. The molecule has 0 bridgehead atoms. The zero-order valence-electron chi connectivity index (χ0n) is 23.4. The molecule has 0 saturated heterocycles. The van der Waals surface area contributed by atoms with Crippen molar-refractivity contribution in [2.45, 2.75) is 20.5 Å². The Kier molecular flexibility index (Phi) is 9.16. The highest BCUT2D eigenvalue weighted by molar-refractivity contribution is 7.14. The van der Waals surface area contributed by atoms with Gasteiger partial charge < -0.3 is 14.8 Å². The van der Waals surface area contributed by atoms with Gasteiger partial charge in [0.15, 0.2) is 16.6 Å². The SMILES string of the molecule is COc1cc(/C=N\NC(=O)c2ccc(-c3csc(Nc4ccc(C)cc4)n3)cc2)cc(Cl)c1OCc1ccc(C)cc1. The van der Waals surface area contributed by atoms with E-state index in [4.69, 9.17) is 21.1 Å². The number of hydrazone groups is 1. The molecular weight excluding hydrogens is 568 g/mol. The molecule has 0 radical (unpaired) electrons. The summed E-state index contributed by atoms with van der Waals surface area (Å²) in [4.78, 5) is 17.3. The number of amides is 1. The van der Waals surface area contributed by atoms with Crippen molar-refractivity contribution in [3.05, 3.63) is 123 Å². The summed E-state index contributed by atoms with van der Waals surface area (Å²) in [6, 6.07) is 26.9. The quantitative estimate of drug-likeness (QED) is 0.125. The lowest BCUT2D eigenvalue weighted by Gasteiger charge is -2.13. The Morgan fingerprint density at radius 3 is 2.36 bits per heavy atom. The first kappa shape index (κ1) is 28.9. The number of rotatable bonds is 10. The number of aryl methyl sites for hydroxylation is 2. The van der Waals surface area contributed by atoms with Crippen LogP contribution in [0.15, 0.2) is 95.4 Å². The zero-order valence-corrected chi connectivity index (χ0v) is 24.9. The lowest BCUT2D eigenvalue weighted by molar-refractivity contribution is 0.0955. The van der Waals surface area contributed by atoms with E-state index in [2.05, 4.69) is 39.9 Å². The Morgan fingerprint density at radius 2 is 1.67 bits per heavy atom. The Hall–Kier alpha value is -4.66. The first-order valence-electron chi connectivity index (χ1n) is 13.2. The predicted molar refractivity (Wildman–Crippen MR) is 171 cm³/mol. The topological polar surface area (TPSA) is 84.8 Å². The third kappa shape index (κ3) is 7.34. The van der Waals surface area contributed by atoms with Crippen LogP contribution in [0.2, 0.25) is 5.02 Å². The minimum absolute atomic E-state index is 0.339. The molecule has 2 N–H and O–H groups in total. The summed E-state index contributed by atoms with van der Waals surface area (Å²) in [7, 11) is 1.55. The second-order valence-electron chi connectivity index (χ2n) is 9.61. The number of carbonyl (C=O) groups excluding carboxylic acids is 1. The number of nitrogens with zero attached hydrogens (tertiary/aromatic N) is 2. The second-order valence-corrected chi connectivity index (χ2v) is 10.9. The smallest absolute Gasteiger partial charge is 0.271 e. The summed E-state index contributed by atoms with van der Waals surface area (Å²) in [6.45, 7) is 4.44. The molecule has 42 heavy (non-hydrogen) atoms. The number of benzene rings is 4. The molecule has 212 valence electrons. The maximum atomic E-state index is 12.7. The number of carbonyl (C=O) groups is 1. The molecule has 0 atom stereocenters. The number of halogens is 1. The molecule has 0 spiro atoms. The van der Waals surface area contributed by atoms with Gasteiger partial charge in [0.1, 0.15) is 6.61 Å². The molecule has 4 aromatic carbocycles. The standard InChI is InChI=1S/C33H29ClN4O3S/c1-21-4-8-23(9-5-21)19-41-31-28(34)16-24(17-30(31)40-3)18-35-38-32(39)26-12-10-25(11-13-26)29-20-42-33(37-29)36-27-14-6-22(2)7-15-27/h4-18,20H,19H2,1-3H3,(H,36,37)(H,38,39)/b35-18-. The molecule has 1 amide bonds. The van der Waals surface area contributed by atoms with Crippen molar-refractivity contribution >= 4 is 45.9 Å². The van der Waals surface area contributed by atoms with Gasteiger partial charge in [-0.25, -0.2) is 10.4 Å². The van der Waals surface area contributed by atoms with Crippen LogP contribution in [0, 0.1) is 13.8 Å². The van der Waals surface area contributed by atoms with Gasteiger partial charge in [0.25, 0.3) is 5.91 Å². The lowest BCUT2D eigenvalue weighted by Crippen LogP contribution is -2.17. The van der Waals surface area contributed by atoms with Gasteiger partial charge in [0, 0.05) is 22.2 Å². The minimum atomic E-state index is -0.339. The molecule has 0 saturated carbocycles. The predicted octanol–water partition coefficient (Wildman–Crippen LogP) is 8.18. The number of anilines is 2. The molecule has 0 unspecified atom stereocenters. The third-order valence-corrected chi connectivity index (χ3v) is 7.42. The van der Waals surface area contributed by atoms with Gasteiger partial charge in [-0.05, 0) is 61.4 Å². The fraction of sp³-hybridized carbons (Fsp3) is 0.121. The molecule has 0 aliphatic heterocycles. The molecule has 0 fully saturated rings. The van der Waals surface area contributed by atoms with Crippen LogP contribution in [0.25, 0.3) is 11.3 Å². The maximum Gasteiger partial charge on any atom is 0.271 e. The zero-order chi connectivity index (χ0) is 29.5. The van der Waals surface area contributed by atoms with Crippen molar-refractivity contribution in [3.8, 4) is 22.8 Å². The summed E-state index contributed by atoms with van der Waals surface area (Å²) in [5, 5.41) is 10.6. The van der Waals surface area contributed by atoms with Gasteiger partial charge in [0.2, 0.25) is 0 Å². The molecule has 7 nitrogen and oxygen atoms in total. The van der Waals surface area contributed by atoms with Crippen LogP contribution in [0.3, 0.4) is 0 Å². The maximum absolute atomic E-state index is 12.7. The van der Waals surface area contributed by atoms with Gasteiger partial charge in [-0.2, -0.15) is 5.10 Å². The van der Waals surface area contributed by atoms with Crippen molar-refractivity contribution in [2.24, 2.45) is 5.10 Å². The molecule has 0 aliphatic carbocycles. The van der Waals surface area contributed by atoms with E-state index in [1.165, 1.54) is 28.7 Å². The van der Waals surface area contributed by atoms with E-state index in [1.54, 1.807) is 31.4 Å². The number of hydrogen-bond acceptors (Lipinski definition) is 7. The minimum Gasteiger partial charge on any atom is -0.493 e. The molecule has 5 rings (SSSR count). The lowest BCUT2D eigenvalue weighted by atomic mass is 10.1. The van der Waals surface area contributed by atoms with Crippen molar-refractivity contribution in [3.63, 3.8) is 0 Å². The van der Waals surface area contributed by atoms with Crippen molar-refractivity contribution in [1.29, 1.82) is 0 Å². The van der Waals surface area contributed by atoms with Gasteiger partial charge in [-0.3, -0.25) is 4.79 Å². The van der Waals surface area contributed by atoms with E-state index in [1.807, 2.05) is 60.8 Å². The summed E-state index contributed by atoms with van der Waals surface area (Å²) < 4.78 is 11.4. The van der Waals surface area contributed by atoms with E-state index in [0.29, 0.717) is 34.3 Å². The summed E-state index contributed by atoms with van der Waals surface area (Å²) >= 11 is 8.02. The van der Waals surface area contributed by atoms with Gasteiger partial charge in [0.05, 0.1) is 24.0 Å². The van der Waals surface area contributed by atoms with Crippen LogP contribution in [0.4, 0.5) is 10.8 Å². The van der Waals surface area contributed by atoms with E-state index in [-0.39, 0.29) is 5.91 Å². The summed E-state index contributed by atoms with van der Waals surface area (Å²) in [6.07, 6.45) is 1.50. The van der Waals surface area contributed by atoms with Crippen LogP contribution in [0.5, 0.6) is 11.5 Å². The van der Waals surface area contributed by atoms with Crippen molar-refractivity contribution in [1.82, 2.24) is 10.4 Å². The number of thiazole rings is 1. The first-order valence-corrected chi connectivity index (χ1v) is 14.4. The van der Waals surface area contributed by atoms with E-state index < -0.39 is 0 Å². The molecule has 1 heterocycles. The third-order valence-electron chi connectivity index (χ3n) is 6.39. The average molecular weight is 597 g/mol. The largest absolute Gasteiger partial charge is 0.493 e. The Labute approximate surface area is 253 Å². The number of ether oxygens (including phenoxy) is 2. The van der Waals surface area contributed by atoms with E-state index >= 15 is 0 Å². The van der Waals surface area contributed by atoms with Crippen LogP contribution >= 0.6 is 22.9 Å².